The van der Waals surface area contributed by atoms with E-state index >= 15 is 0 Å². The van der Waals surface area contributed by atoms with Gasteiger partial charge in [0.2, 0.25) is 17.8 Å². The molecule has 0 aliphatic heterocycles. The fourth-order valence-electron chi connectivity index (χ4n) is 2.22. The zero-order valence-corrected chi connectivity index (χ0v) is 13.2. The molecular formula is C13H27N7. The number of hydrazine groups is 1. The van der Waals surface area contributed by atoms with Crippen LogP contribution in [0.3, 0.4) is 0 Å². The maximum atomic E-state index is 5.47. The molecule has 0 aliphatic rings. The SMILES string of the molecule is CCC(CC)N(C)c1nc(NN)nc(N(CC)CC)n1. The van der Waals surface area contributed by atoms with E-state index in [0.29, 0.717) is 23.9 Å². The Morgan fingerprint density at radius 3 is 2.00 bits per heavy atom. The van der Waals surface area contributed by atoms with Crippen molar-refractivity contribution in [1.82, 2.24) is 15.0 Å². The van der Waals surface area contributed by atoms with E-state index in [1.165, 1.54) is 0 Å². The van der Waals surface area contributed by atoms with Crippen molar-refractivity contribution in [2.75, 3.05) is 35.4 Å². The van der Waals surface area contributed by atoms with Gasteiger partial charge in [-0.1, -0.05) is 13.8 Å². The molecule has 0 amide bonds. The number of rotatable bonds is 8. The lowest BCUT2D eigenvalue weighted by Crippen LogP contribution is -2.33. The summed E-state index contributed by atoms with van der Waals surface area (Å²) >= 11 is 0. The van der Waals surface area contributed by atoms with Crippen molar-refractivity contribution in [3.8, 4) is 0 Å². The normalized spacial score (nSPS) is 10.8. The minimum absolute atomic E-state index is 0.398. The number of anilines is 3. The summed E-state index contributed by atoms with van der Waals surface area (Å²) in [5, 5.41) is 0. The number of aromatic nitrogens is 3. The summed E-state index contributed by atoms with van der Waals surface area (Å²) in [7, 11) is 2.01. The van der Waals surface area contributed by atoms with Gasteiger partial charge in [-0.3, -0.25) is 5.43 Å². The molecule has 1 heterocycles. The van der Waals surface area contributed by atoms with E-state index in [4.69, 9.17) is 5.84 Å². The molecule has 0 saturated carbocycles. The number of hydrogen-bond donors (Lipinski definition) is 2. The number of nitrogens with two attached hydrogens (primary N) is 1. The third-order valence-corrected chi connectivity index (χ3v) is 3.59. The smallest absolute Gasteiger partial charge is 0.243 e. The number of hydrogen-bond acceptors (Lipinski definition) is 7. The standard InChI is InChI=1S/C13H27N7/c1-6-10(7-2)19(5)12-15-11(18-14)16-13(17-12)20(8-3)9-4/h10H,6-9,14H2,1-5H3,(H,15,16,17,18). The molecule has 1 rings (SSSR count). The largest absolute Gasteiger partial charge is 0.341 e. The molecule has 20 heavy (non-hydrogen) atoms. The number of nitrogen functional groups attached to an aromatic ring is 1. The summed E-state index contributed by atoms with van der Waals surface area (Å²) in [5.41, 5.74) is 2.53. The molecule has 0 atom stereocenters. The van der Waals surface area contributed by atoms with Crippen LogP contribution in [-0.2, 0) is 0 Å². The quantitative estimate of drug-likeness (QED) is 0.553. The third kappa shape index (κ3) is 3.69. The Bertz CT molecular complexity index is 402. The summed E-state index contributed by atoms with van der Waals surface area (Å²) in [6, 6.07) is 0.410. The molecule has 0 fully saturated rings. The molecule has 114 valence electrons. The highest BCUT2D eigenvalue weighted by atomic mass is 15.4. The second-order valence-corrected chi connectivity index (χ2v) is 4.66. The van der Waals surface area contributed by atoms with Gasteiger partial charge in [0.25, 0.3) is 0 Å². The zero-order chi connectivity index (χ0) is 15.1. The second kappa shape index (κ2) is 7.84. The first-order chi connectivity index (χ1) is 9.60. The highest BCUT2D eigenvalue weighted by Crippen LogP contribution is 2.19. The molecule has 3 N–H and O–H groups in total. The average molecular weight is 281 g/mol. The van der Waals surface area contributed by atoms with E-state index in [1.807, 2.05) is 7.05 Å². The Morgan fingerprint density at radius 2 is 1.55 bits per heavy atom. The van der Waals surface area contributed by atoms with Gasteiger partial charge in [-0.2, -0.15) is 15.0 Å². The van der Waals surface area contributed by atoms with Gasteiger partial charge < -0.3 is 9.80 Å². The summed E-state index contributed by atoms with van der Waals surface area (Å²) < 4.78 is 0. The van der Waals surface area contributed by atoms with Gasteiger partial charge in [-0.25, -0.2) is 5.84 Å². The Balaban J connectivity index is 3.15. The second-order valence-electron chi connectivity index (χ2n) is 4.66. The van der Waals surface area contributed by atoms with Crippen molar-refractivity contribution in [2.45, 2.75) is 46.6 Å². The van der Waals surface area contributed by atoms with Gasteiger partial charge in [0, 0.05) is 26.2 Å². The molecule has 0 spiro atoms. The molecule has 0 aliphatic carbocycles. The lowest BCUT2D eigenvalue weighted by Gasteiger charge is -2.27. The molecule has 0 unspecified atom stereocenters. The monoisotopic (exact) mass is 281 g/mol. The minimum Gasteiger partial charge on any atom is -0.341 e. The lowest BCUT2D eigenvalue weighted by atomic mass is 10.1. The van der Waals surface area contributed by atoms with Crippen molar-refractivity contribution in [1.29, 1.82) is 0 Å². The maximum Gasteiger partial charge on any atom is 0.243 e. The van der Waals surface area contributed by atoms with Gasteiger partial charge in [0.05, 0.1) is 0 Å². The molecule has 0 aromatic carbocycles. The van der Waals surface area contributed by atoms with Crippen molar-refractivity contribution in [2.24, 2.45) is 5.84 Å². The van der Waals surface area contributed by atoms with Crippen molar-refractivity contribution in [3.05, 3.63) is 0 Å². The van der Waals surface area contributed by atoms with E-state index in [2.05, 4.69) is 57.9 Å². The number of nitrogens with one attached hydrogen (secondary N) is 1. The Labute approximate surface area is 121 Å². The Hall–Kier alpha value is -1.63. The molecule has 7 heteroatoms. The summed E-state index contributed by atoms with van der Waals surface area (Å²) in [6.07, 6.45) is 2.09. The fourth-order valence-corrected chi connectivity index (χ4v) is 2.22. The first kappa shape index (κ1) is 16.4. The molecular weight excluding hydrogens is 254 g/mol. The number of nitrogens with zero attached hydrogens (tertiary/aromatic N) is 5. The third-order valence-electron chi connectivity index (χ3n) is 3.59. The van der Waals surface area contributed by atoms with Crippen LogP contribution in [0.2, 0.25) is 0 Å². The maximum absolute atomic E-state index is 5.47. The van der Waals surface area contributed by atoms with Crippen LogP contribution >= 0.6 is 0 Å². The van der Waals surface area contributed by atoms with Gasteiger partial charge in [0.15, 0.2) is 0 Å². The van der Waals surface area contributed by atoms with Crippen LogP contribution in [-0.4, -0.2) is 41.1 Å². The van der Waals surface area contributed by atoms with Gasteiger partial charge >= 0.3 is 0 Å². The predicted octanol–water partition coefficient (Wildman–Crippen LogP) is 1.63. The summed E-state index contributed by atoms with van der Waals surface area (Å²) in [5.74, 6) is 7.18. The van der Waals surface area contributed by atoms with Crippen LogP contribution in [0.15, 0.2) is 0 Å². The molecule has 0 bridgehead atoms. The van der Waals surface area contributed by atoms with Crippen LogP contribution in [0.4, 0.5) is 17.8 Å². The van der Waals surface area contributed by atoms with Gasteiger partial charge in [-0.05, 0) is 26.7 Å². The van der Waals surface area contributed by atoms with E-state index in [-0.39, 0.29) is 0 Å². The van der Waals surface area contributed by atoms with Crippen molar-refractivity contribution in [3.63, 3.8) is 0 Å². The van der Waals surface area contributed by atoms with Crippen LogP contribution in [0, 0.1) is 0 Å². The molecule has 0 radical (unpaired) electrons. The van der Waals surface area contributed by atoms with E-state index in [9.17, 15) is 0 Å². The Kier molecular flexibility index (Phi) is 6.44. The van der Waals surface area contributed by atoms with Crippen LogP contribution in [0.25, 0.3) is 0 Å². The topological polar surface area (TPSA) is 83.2 Å². The zero-order valence-electron chi connectivity index (χ0n) is 13.2. The predicted molar refractivity (Wildman–Crippen MR) is 84.0 cm³/mol. The molecule has 7 nitrogen and oxygen atoms in total. The minimum atomic E-state index is 0.398. The molecule has 1 aromatic heterocycles. The highest BCUT2D eigenvalue weighted by molar-refractivity contribution is 5.44. The fraction of sp³-hybridized carbons (Fsp3) is 0.769. The van der Waals surface area contributed by atoms with Crippen LogP contribution in [0.1, 0.15) is 40.5 Å². The van der Waals surface area contributed by atoms with Gasteiger partial charge in [-0.15, -0.1) is 0 Å². The van der Waals surface area contributed by atoms with Crippen molar-refractivity contribution < 1.29 is 0 Å². The molecule has 1 aromatic rings. The van der Waals surface area contributed by atoms with E-state index < -0.39 is 0 Å². The van der Waals surface area contributed by atoms with Gasteiger partial charge in [0.1, 0.15) is 0 Å². The first-order valence-electron chi connectivity index (χ1n) is 7.31. The van der Waals surface area contributed by atoms with Crippen molar-refractivity contribution >= 4 is 17.8 Å². The van der Waals surface area contributed by atoms with Crippen LogP contribution < -0.4 is 21.1 Å². The lowest BCUT2D eigenvalue weighted by molar-refractivity contribution is 0.579. The summed E-state index contributed by atoms with van der Waals surface area (Å²) in [6.45, 7) is 10.2. The van der Waals surface area contributed by atoms with Crippen LogP contribution in [0.5, 0.6) is 0 Å². The highest BCUT2D eigenvalue weighted by Gasteiger charge is 2.17. The molecule has 0 saturated heterocycles. The van der Waals surface area contributed by atoms with E-state index in [1.54, 1.807) is 0 Å². The van der Waals surface area contributed by atoms with E-state index in [0.717, 1.165) is 25.9 Å². The first-order valence-corrected chi connectivity index (χ1v) is 7.31. The average Bonchev–Trinajstić information content (AvgIpc) is 2.49. The summed E-state index contributed by atoms with van der Waals surface area (Å²) in [4.78, 5) is 17.4. The Morgan fingerprint density at radius 1 is 1.00 bits per heavy atom.